The van der Waals surface area contributed by atoms with Gasteiger partial charge >= 0.3 is 0 Å². The fourth-order valence-electron chi connectivity index (χ4n) is 2.83. The summed E-state index contributed by atoms with van der Waals surface area (Å²) in [5, 5.41) is 4.86. The molecule has 0 spiro atoms. The lowest BCUT2D eigenvalue weighted by molar-refractivity contribution is 0.0847. The molecule has 0 saturated carbocycles. The van der Waals surface area contributed by atoms with Gasteiger partial charge in [0.05, 0.1) is 16.8 Å². The van der Waals surface area contributed by atoms with E-state index in [1.807, 2.05) is 60.7 Å². The Balaban J connectivity index is 1.60. The van der Waals surface area contributed by atoms with Crippen LogP contribution in [-0.2, 0) is 0 Å². The number of nitrogens with one attached hydrogen (secondary N) is 2. The summed E-state index contributed by atoms with van der Waals surface area (Å²) in [7, 11) is 0. The van der Waals surface area contributed by atoms with Crippen molar-refractivity contribution in [1.82, 2.24) is 25.6 Å². The Kier molecular flexibility index (Phi) is 5.54. The number of hydrogen-bond acceptors (Lipinski definition) is 4. The van der Waals surface area contributed by atoms with Crippen molar-refractivity contribution < 1.29 is 9.59 Å². The lowest BCUT2D eigenvalue weighted by atomic mass is 10.1. The standard InChI is InChI=1S/C22H16ClN5O2/c23-19-12-11-16(13-24-19)21(29)25-26-22(30)18-14-28(17-9-5-2-6-10-17)27-20(18)15-7-3-1-4-8-15/h1-14H,(H,25,29)(H,26,30). The van der Waals surface area contributed by atoms with Crippen LogP contribution in [-0.4, -0.2) is 26.6 Å². The summed E-state index contributed by atoms with van der Waals surface area (Å²) in [5.41, 5.74) is 7.50. The number of para-hydroxylation sites is 1. The highest BCUT2D eigenvalue weighted by atomic mass is 35.5. The van der Waals surface area contributed by atoms with Gasteiger partial charge in [0.25, 0.3) is 11.8 Å². The van der Waals surface area contributed by atoms with E-state index < -0.39 is 11.8 Å². The van der Waals surface area contributed by atoms with Gasteiger partial charge < -0.3 is 0 Å². The molecule has 0 fully saturated rings. The topological polar surface area (TPSA) is 88.9 Å². The van der Waals surface area contributed by atoms with Gasteiger partial charge in [0, 0.05) is 18.0 Å². The third-order valence-electron chi connectivity index (χ3n) is 4.31. The molecule has 0 radical (unpaired) electrons. The maximum absolute atomic E-state index is 12.9. The lowest BCUT2D eigenvalue weighted by Crippen LogP contribution is -2.41. The molecule has 2 heterocycles. The molecule has 4 rings (SSSR count). The Bertz CT molecular complexity index is 1180. The van der Waals surface area contributed by atoms with Crippen molar-refractivity contribution in [3.8, 4) is 16.9 Å². The van der Waals surface area contributed by atoms with Crippen molar-refractivity contribution in [3.05, 3.63) is 101 Å². The molecule has 0 unspecified atom stereocenters. The molecule has 30 heavy (non-hydrogen) atoms. The van der Waals surface area contributed by atoms with E-state index >= 15 is 0 Å². The number of benzene rings is 2. The molecule has 0 aliphatic carbocycles. The van der Waals surface area contributed by atoms with Gasteiger partial charge in [0.1, 0.15) is 10.8 Å². The smallest absolute Gasteiger partial charge is 0.267 e. The van der Waals surface area contributed by atoms with Gasteiger partial charge in [-0.05, 0) is 24.3 Å². The third-order valence-corrected chi connectivity index (χ3v) is 4.53. The second-order valence-electron chi connectivity index (χ2n) is 6.32. The van der Waals surface area contributed by atoms with E-state index in [2.05, 4.69) is 20.9 Å². The summed E-state index contributed by atoms with van der Waals surface area (Å²) < 4.78 is 1.63. The van der Waals surface area contributed by atoms with Gasteiger partial charge in [-0.1, -0.05) is 60.1 Å². The fourth-order valence-corrected chi connectivity index (χ4v) is 2.94. The van der Waals surface area contributed by atoms with Crippen LogP contribution in [0.1, 0.15) is 20.7 Å². The molecule has 2 aromatic heterocycles. The molecule has 148 valence electrons. The van der Waals surface area contributed by atoms with Crippen LogP contribution in [0, 0.1) is 0 Å². The van der Waals surface area contributed by atoms with Crippen molar-refractivity contribution in [2.75, 3.05) is 0 Å². The van der Waals surface area contributed by atoms with Crippen LogP contribution in [0.15, 0.2) is 85.2 Å². The third kappa shape index (κ3) is 4.21. The van der Waals surface area contributed by atoms with Crippen LogP contribution < -0.4 is 10.9 Å². The number of carbonyl (C=O) groups excluding carboxylic acids is 2. The summed E-state index contributed by atoms with van der Waals surface area (Å²) in [6.07, 6.45) is 2.95. The molecule has 0 saturated heterocycles. The minimum Gasteiger partial charge on any atom is -0.267 e. The number of nitrogens with zero attached hydrogens (tertiary/aromatic N) is 3. The largest absolute Gasteiger partial charge is 0.273 e. The first-order valence-electron chi connectivity index (χ1n) is 9.04. The Morgan fingerprint density at radius 1 is 0.833 bits per heavy atom. The summed E-state index contributed by atoms with van der Waals surface area (Å²) in [6.45, 7) is 0. The molecule has 2 aromatic carbocycles. The van der Waals surface area contributed by atoms with E-state index in [4.69, 9.17) is 11.6 Å². The van der Waals surface area contributed by atoms with Crippen molar-refractivity contribution in [2.45, 2.75) is 0 Å². The molecule has 7 nitrogen and oxygen atoms in total. The van der Waals surface area contributed by atoms with Gasteiger partial charge in [-0.15, -0.1) is 0 Å². The minimum absolute atomic E-state index is 0.267. The Morgan fingerprint density at radius 2 is 1.50 bits per heavy atom. The SMILES string of the molecule is O=C(NNC(=O)c1cn(-c2ccccc2)nc1-c1ccccc1)c1ccc(Cl)nc1. The average Bonchev–Trinajstić information content (AvgIpc) is 3.25. The number of aromatic nitrogens is 3. The van der Waals surface area contributed by atoms with Gasteiger partial charge in [-0.25, -0.2) is 9.67 Å². The number of amides is 2. The highest BCUT2D eigenvalue weighted by Gasteiger charge is 2.19. The van der Waals surface area contributed by atoms with Crippen LogP contribution in [0.2, 0.25) is 5.15 Å². The summed E-state index contributed by atoms with van der Waals surface area (Å²) in [4.78, 5) is 29.0. The number of hydrazine groups is 1. The molecule has 8 heteroatoms. The van der Waals surface area contributed by atoms with Gasteiger partial charge in [0.15, 0.2) is 0 Å². The second kappa shape index (κ2) is 8.59. The van der Waals surface area contributed by atoms with Crippen molar-refractivity contribution in [1.29, 1.82) is 0 Å². The van der Waals surface area contributed by atoms with E-state index in [1.165, 1.54) is 18.3 Å². The van der Waals surface area contributed by atoms with E-state index in [0.29, 0.717) is 11.3 Å². The first-order chi connectivity index (χ1) is 14.6. The van der Waals surface area contributed by atoms with E-state index in [1.54, 1.807) is 10.9 Å². The van der Waals surface area contributed by atoms with Gasteiger partial charge in [-0.2, -0.15) is 5.10 Å². The van der Waals surface area contributed by atoms with Gasteiger partial charge in [-0.3, -0.25) is 20.4 Å². The summed E-state index contributed by atoms with van der Waals surface area (Å²) in [6, 6.07) is 21.8. The first-order valence-corrected chi connectivity index (χ1v) is 9.42. The highest BCUT2D eigenvalue weighted by Crippen LogP contribution is 2.23. The molecule has 0 bridgehead atoms. The zero-order valence-electron chi connectivity index (χ0n) is 15.6. The van der Waals surface area contributed by atoms with E-state index in [-0.39, 0.29) is 10.7 Å². The second-order valence-corrected chi connectivity index (χ2v) is 6.70. The zero-order chi connectivity index (χ0) is 20.9. The van der Waals surface area contributed by atoms with E-state index in [0.717, 1.165) is 11.3 Å². The summed E-state index contributed by atoms with van der Waals surface area (Å²) in [5.74, 6) is -1.00. The van der Waals surface area contributed by atoms with Crippen molar-refractivity contribution in [3.63, 3.8) is 0 Å². The fraction of sp³-hybridized carbons (Fsp3) is 0. The normalized spacial score (nSPS) is 10.4. The zero-order valence-corrected chi connectivity index (χ0v) is 16.4. The number of halogens is 1. The summed E-state index contributed by atoms with van der Waals surface area (Å²) >= 11 is 5.73. The van der Waals surface area contributed by atoms with Crippen LogP contribution in [0.5, 0.6) is 0 Å². The molecular formula is C22H16ClN5O2. The first kappa shape index (κ1) is 19.4. The number of hydrogen-bond donors (Lipinski definition) is 2. The minimum atomic E-state index is -0.510. The number of rotatable bonds is 4. The predicted octanol–water partition coefficient (Wildman–Crippen LogP) is 3.66. The molecule has 2 amide bonds. The molecule has 0 aliphatic rings. The molecule has 2 N–H and O–H groups in total. The molecule has 0 aliphatic heterocycles. The Hall–Kier alpha value is -3.97. The molecule has 0 atom stereocenters. The highest BCUT2D eigenvalue weighted by molar-refractivity contribution is 6.29. The maximum atomic E-state index is 12.9. The number of pyridine rings is 1. The Labute approximate surface area is 177 Å². The monoisotopic (exact) mass is 417 g/mol. The lowest BCUT2D eigenvalue weighted by Gasteiger charge is -2.07. The Morgan fingerprint density at radius 3 is 2.17 bits per heavy atom. The predicted molar refractivity (Wildman–Crippen MR) is 113 cm³/mol. The number of carbonyl (C=O) groups is 2. The van der Waals surface area contributed by atoms with E-state index in [9.17, 15) is 9.59 Å². The van der Waals surface area contributed by atoms with Crippen LogP contribution in [0.25, 0.3) is 16.9 Å². The van der Waals surface area contributed by atoms with Crippen LogP contribution in [0.3, 0.4) is 0 Å². The quantitative estimate of drug-likeness (QED) is 0.391. The molecule has 4 aromatic rings. The average molecular weight is 418 g/mol. The van der Waals surface area contributed by atoms with Gasteiger partial charge in [0.2, 0.25) is 0 Å². The van der Waals surface area contributed by atoms with Crippen molar-refractivity contribution >= 4 is 23.4 Å². The van der Waals surface area contributed by atoms with Crippen molar-refractivity contribution in [2.24, 2.45) is 0 Å². The van der Waals surface area contributed by atoms with Crippen LogP contribution in [0.4, 0.5) is 0 Å². The van der Waals surface area contributed by atoms with Crippen LogP contribution >= 0.6 is 11.6 Å². The molecular weight excluding hydrogens is 402 g/mol. The maximum Gasteiger partial charge on any atom is 0.273 e.